The number of rotatable bonds is 0. The fourth-order valence-electron chi connectivity index (χ4n) is 0. The molecule has 0 atom stereocenters. The third kappa shape index (κ3) is 8.86. The van der Waals surface area contributed by atoms with Crippen LogP contribution in [0.4, 0.5) is 0 Å². The summed E-state index contributed by atoms with van der Waals surface area (Å²) in [6.45, 7) is 0. The van der Waals surface area contributed by atoms with Gasteiger partial charge in [-0.15, -0.1) is 0 Å². The van der Waals surface area contributed by atoms with Gasteiger partial charge in [-0.3, -0.25) is 0 Å². The average molecular weight is 400 g/mol. The summed E-state index contributed by atoms with van der Waals surface area (Å²) in [5, 5.41) is 0. The molecule has 0 aliphatic carbocycles. The predicted molar refractivity (Wildman–Crippen MR) is 0 cm³/mol. The molecule has 0 rings (SSSR count). The van der Waals surface area contributed by atoms with Crippen LogP contribution < -0.4 is 0 Å². The zero-order chi connectivity index (χ0) is 0. The van der Waals surface area contributed by atoms with Crippen LogP contribution in [0.25, 0.3) is 0 Å². The largest absolute Gasteiger partial charge is 0 e. The standard InChI is InChI=1S/3Fe.Th. The smallest absolute Gasteiger partial charge is 0 e. The molecule has 0 radical (unpaired) electrons. The van der Waals surface area contributed by atoms with E-state index in [9.17, 15) is 0 Å². The van der Waals surface area contributed by atoms with Gasteiger partial charge in [-0.2, -0.15) is 0 Å². The van der Waals surface area contributed by atoms with E-state index >= 15 is 0 Å². The molecule has 0 bridgehead atoms. The van der Waals surface area contributed by atoms with Gasteiger partial charge in [-0.25, -0.2) is 0 Å². The van der Waals surface area contributed by atoms with Crippen molar-refractivity contribution in [2.45, 2.75) is 0 Å². The van der Waals surface area contributed by atoms with E-state index in [0.29, 0.717) is 0 Å². The van der Waals surface area contributed by atoms with E-state index in [2.05, 4.69) is 0 Å². The Morgan fingerprint density at radius 1 is 0.500 bits per heavy atom. The Hall–Kier alpha value is 2.88. The van der Waals surface area contributed by atoms with E-state index in [4.69, 9.17) is 0 Å². The second-order valence-electron chi connectivity index (χ2n) is 0. The summed E-state index contributed by atoms with van der Waals surface area (Å²) in [6, 6.07) is 0. The van der Waals surface area contributed by atoms with Crippen LogP contribution in [0.15, 0.2) is 0 Å². The Bertz CT molecular complexity index is 3.25. The minimum absolute atomic E-state index is 0. The zero-order valence-electron chi connectivity index (χ0n) is 1.56. The van der Waals surface area contributed by atoms with Crippen molar-refractivity contribution in [2.24, 2.45) is 0 Å². The first-order valence-corrected chi connectivity index (χ1v) is 0. The molecule has 0 N–H and O–H groups in total. The van der Waals surface area contributed by atoms with Gasteiger partial charge in [0, 0.05) is 91.1 Å². The molecule has 28 valence electrons. The van der Waals surface area contributed by atoms with E-state index in [-0.39, 0.29) is 91.1 Å². The predicted octanol–water partition coefficient (Wildman–Crippen LogP) is -0.00750. The van der Waals surface area contributed by atoms with Crippen LogP contribution in [0.5, 0.6) is 0 Å². The molecule has 0 nitrogen and oxygen atoms in total. The first-order valence-electron chi connectivity index (χ1n) is 0. The summed E-state index contributed by atoms with van der Waals surface area (Å²) in [4.78, 5) is 0. The van der Waals surface area contributed by atoms with Gasteiger partial charge >= 0.3 is 0 Å². The van der Waals surface area contributed by atoms with Gasteiger partial charge in [0.1, 0.15) is 0 Å². The first-order chi connectivity index (χ1) is 0. The van der Waals surface area contributed by atoms with Crippen molar-refractivity contribution in [1.82, 2.24) is 0 Å². The van der Waals surface area contributed by atoms with Gasteiger partial charge in [0.2, 0.25) is 0 Å². The van der Waals surface area contributed by atoms with Crippen LogP contribution in [0.1, 0.15) is 0 Å². The number of hydrogen-bond acceptors (Lipinski definition) is 0. The molecule has 0 fully saturated rings. The van der Waals surface area contributed by atoms with Gasteiger partial charge in [-0.05, 0) is 0 Å². The second kappa shape index (κ2) is 16.9. The summed E-state index contributed by atoms with van der Waals surface area (Å²) in [5.41, 5.74) is 0. The van der Waals surface area contributed by atoms with Crippen LogP contribution >= 0.6 is 0 Å². The van der Waals surface area contributed by atoms with Gasteiger partial charge in [0.05, 0.1) is 0 Å². The second-order valence-corrected chi connectivity index (χ2v) is 0. The molecule has 0 saturated heterocycles. The molecule has 4 heteroatoms. The maximum atomic E-state index is 0. The Morgan fingerprint density at radius 2 is 0.500 bits per heavy atom. The van der Waals surface area contributed by atoms with Crippen LogP contribution in [0.3, 0.4) is 0 Å². The SMILES string of the molecule is [Fe].[Fe].[Fe].[Th]. The minimum Gasteiger partial charge on any atom is 0 e. The molecule has 0 unspecified atom stereocenters. The molecule has 0 heterocycles. The molecule has 0 aromatic rings. The molecule has 0 aliphatic rings. The van der Waals surface area contributed by atoms with Gasteiger partial charge in [0.15, 0.2) is 0 Å². The van der Waals surface area contributed by atoms with Crippen molar-refractivity contribution in [1.29, 1.82) is 0 Å². The monoisotopic (exact) mass is 400 g/mol. The molecule has 0 aromatic carbocycles. The molecule has 0 spiro atoms. The molecule has 0 aliphatic heterocycles. The van der Waals surface area contributed by atoms with E-state index in [1.54, 1.807) is 0 Å². The molecule has 0 amide bonds. The summed E-state index contributed by atoms with van der Waals surface area (Å²) >= 11 is 0. The van der Waals surface area contributed by atoms with E-state index < -0.39 is 0 Å². The van der Waals surface area contributed by atoms with E-state index in [1.807, 2.05) is 0 Å². The summed E-state index contributed by atoms with van der Waals surface area (Å²) < 4.78 is 0. The Kier molecular flexibility index (Phi) is 121. The van der Waals surface area contributed by atoms with Crippen molar-refractivity contribution < 1.29 is 91.1 Å². The zero-order valence-corrected chi connectivity index (χ0v) is 8.98. The van der Waals surface area contributed by atoms with Gasteiger partial charge in [-0.1, -0.05) is 0 Å². The van der Waals surface area contributed by atoms with Crippen LogP contribution in [0.2, 0.25) is 0 Å². The fourth-order valence-corrected chi connectivity index (χ4v) is 0. The quantitative estimate of drug-likeness (QED) is 0.503. The maximum absolute atomic E-state index is 0. The van der Waals surface area contributed by atoms with Crippen molar-refractivity contribution in [3.63, 3.8) is 0 Å². The Balaban J connectivity index is 0. The summed E-state index contributed by atoms with van der Waals surface area (Å²) in [5.74, 6) is 0. The van der Waals surface area contributed by atoms with Crippen molar-refractivity contribution in [3.8, 4) is 0 Å². The maximum Gasteiger partial charge on any atom is 0 e. The first kappa shape index (κ1) is 28.7. The molecule has 0 saturated carbocycles. The molecular weight excluding hydrogens is 400 g/mol. The molecule has 4 heavy (non-hydrogen) atoms. The van der Waals surface area contributed by atoms with Crippen LogP contribution in [-0.2, 0) is 51.2 Å². The Labute approximate surface area is 89.3 Å². The van der Waals surface area contributed by atoms with E-state index in [0.717, 1.165) is 0 Å². The van der Waals surface area contributed by atoms with Crippen LogP contribution in [0, 0.1) is 39.9 Å². The number of hydrogen-bond donors (Lipinski definition) is 0. The summed E-state index contributed by atoms with van der Waals surface area (Å²) in [6.07, 6.45) is 0. The topological polar surface area (TPSA) is 0 Å². The third-order valence-electron chi connectivity index (χ3n) is 0. The molecular formula is Fe3Th. The van der Waals surface area contributed by atoms with Crippen molar-refractivity contribution in [2.75, 3.05) is 0 Å². The van der Waals surface area contributed by atoms with E-state index in [1.165, 1.54) is 0 Å². The van der Waals surface area contributed by atoms with Crippen LogP contribution in [-0.4, -0.2) is 0 Å². The molecule has 0 aromatic heterocycles. The fraction of sp³-hybridized carbons (Fsp3) is 0. The van der Waals surface area contributed by atoms with Gasteiger partial charge < -0.3 is 0 Å². The minimum atomic E-state index is 0. The van der Waals surface area contributed by atoms with Crippen molar-refractivity contribution >= 4 is 0 Å². The van der Waals surface area contributed by atoms with Gasteiger partial charge in [0.25, 0.3) is 0 Å². The van der Waals surface area contributed by atoms with Crippen molar-refractivity contribution in [3.05, 3.63) is 0 Å². The Morgan fingerprint density at radius 3 is 0.500 bits per heavy atom. The third-order valence-corrected chi connectivity index (χ3v) is 0. The average Bonchev–Trinajstić information content (AvgIpc) is 0. The summed E-state index contributed by atoms with van der Waals surface area (Å²) in [7, 11) is 0. The normalized spacial score (nSPS) is 0.